The average molecular weight is 733 g/mol. The average Bonchev–Trinajstić information content (AvgIpc) is 3.15. The van der Waals surface area contributed by atoms with Gasteiger partial charge in [0, 0.05) is 60.7 Å². The van der Waals surface area contributed by atoms with Crippen molar-refractivity contribution in [2.24, 2.45) is 5.41 Å². The highest BCUT2D eigenvalue weighted by molar-refractivity contribution is 5.95. The number of aromatic amines is 1. The number of fused-ring (bicyclic) bond motifs is 1. The van der Waals surface area contributed by atoms with Crippen molar-refractivity contribution in [2.45, 2.75) is 18.1 Å². The fourth-order valence-electron chi connectivity index (χ4n) is 7.31. The minimum absolute atomic E-state index is 0.0617. The van der Waals surface area contributed by atoms with Crippen LogP contribution in [0.4, 0.5) is 0 Å². The van der Waals surface area contributed by atoms with Crippen LogP contribution in [0, 0.1) is 5.41 Å². The molecule has 0 radical (unpaired) electrons. The van der Waals surface area contributed by atoms with E-state index in [9.17, 15) is 39.6 Å². The van der Waals surface area contributed by atoms with E-state index in [1.54, 1.807) is 64.4 Å². The molecule has 2 saturated heterocycles. The van der Waals surface area contributed by atoms with Gasteiger partial charge in [0.1, 0.15) is 11.5 Å². The van der Waals surface area contributed by atoms with Gasteiger partial charge >= 0.3 is 5.97 Å². The maximum Gasteiger partial charge on any atom is 0.345 e. The van der Waals surface area contributed by atoms with E-state index in [1.807, 2.05) is 12.1 Å². The predicted octanol–water partition coefficient (Wildman–Crippen LogP) is 2.78. The number of aliphatic hydroxyl groups is 2. The van der Waals surface area contributed by atoms with Crippen LogP contribution in [0.3, 0.4) is 0 Å². The van der Waals surface area contributed by atoms with Gasteiger partial charge in [0.15, 0.2) is 6.61 Å². The largest absolute Gasteiger partial charge is 0.506 e. The lowest BCUT2D eigenvalue weighted by Crippen LogP contribution is -2.74. The van der Waals surface area contributed by atoms with Crippen molar-refractivity contribution in [3.05, 3.63) is 141 Å². The molecule has 2 aliphatic heterocycles. The van der Waals surface area contributed by atoms with Gasteiger partial charge in [-0.1, -0.05) is 60.7 Å². The van der Waals surface area contributed by atoms with Crippen LogP contribution in [0.15, 0.2) is 108 Å². The topological polar surface area (TPSA) is 193 Å². The lowest BCUT2D eigenvalue weighted by atomic mass is 9.72. The number of likely N-dealkylation sites (tertiary alicyclic amines) is 2. The van der Waals surface area contributed by atoms with E-state index >= 15 is 0 Å². The highest BCUT2D eigenvalue weighted by atomic mass is 16.5. The zero-order valence-electron chi connectivity index (χ0n) is 29.3. The van der Waals surface area contributed by atoms with E-state index in [0.717, 1.165) is 5.56 Å². The van der Waals surface area contributed by atoms with Crippen LogP contribution in [0.1, 0.15) is 38.7 Å². The molecule has 278 valence electrons. The SMILES string of the molecule is O=C(COc1cccc([C@](O)(C(=O)O)c2ccccc2)c1)N1CC2(C1)CN(C(=O)c1ccc(CCNC[C@H](O)c3ccc(O)c4[nH]c(=O)ccc34)cc1)C2. The van der Waals surface area contributed by atoms with Gasteiger partial charge < -0.3 is 45.3 Å². The summed E-state index contributed by atoms with van der Waals surface area (Å²) in [5.74, 6) is -1.53. The van der Waals surface area contributed by atoms with Gasteiger partial charge in [-0.25, -0.2) is 4.79 Å². The highest BCUT2D eigenvalue weighted by Gasteiger charge is 2.54. The van der Waals surface area contributed by atoms with E-state index in [1.165, 1.54) is 36.4 Å². The number of carboxylic acid groups (broad SMARTS) is 1. The number of benzene rings is 4. The summed E-state index contributed by atoms with van der Waals surface area (Å²) in [6.07, 6.45) is -0.179. The van der Waals surface area contributed by atoms with Crippen LogP contribution in [0.2, 0.25) is 0 Å². The molecule has 13 nitrogen and oxygen atoms in total. The summed E-state index contributed by atoms with van der Waals surface area (Å²) in [4.78, 5) is 55.9. The molecule has 0 saturated carbocycles. The van der Waals surface area contributed by atoms with E-state index in [0.29, 0.717) is 55.7 Å². The number of rotatable bonds is 13. The van der Waals surface area contributed by atoms with E-state index in [2.05, 4.69) is 10.3 Å². The number of carbonyl (C=O) groups excluding carboxylic acids is 2. The molecule has 2 atom stereocenters. The number of phenolic OH excluding ortho intramolecular Hbond substituents is 1. The minimum atomic E-state index is -2.29. The number of carboxylic acids is 1. The van der Waals surface area contributed by atoms with Gasteiger partial charge in [-0.3, -0.25) is 14.4 Å². The Morgan fingerprint density at radius 2 is 1.57 bits per heavy atom. The minimum Gasteiger partial charge on any atom is -0.506 e. The Balaban J connectivity index is 0.838. The molecule has 2 fully saturated rings. The maximum atomic E-state index is 13.2. The molecule has 6 N–H and O–H groups in total. The number of carbonyl (C=O) groups is 3. The second-order valence-corrected chi connectivity index (χ2v) is 14.1. The standard InChI is InChI=1S/C41H40N4O9/c46-33-15-13-31(32-14-16-35(48)43-37(32)33)34(47)20-42-18-17-26-9-11-27(12-10-26)38(50)45-24-40(25-45)22-44(23-40)36(49)21-54-30-8-4-7-29(19-30)41(53,39(51)52)28-5-2-1-3-6-28/h1-16,19,34,42,46-47,53H,17-18,20-25H2,(H,43,48)(H,51,52)/t34-,41-/m0/s1. The third-order valence-corrected chi connectivity index (χ3v) is 10.3. The third-order valence-electron chi connectivity index (χ3n) is 10.3. The molecule has 2 amide bonds. The van der Waals surface area contributed by atoms with Crippen LogP contribution < -0.4 is 15.6 Å². The van der Waals surface area contributed by atoms with Crippen LogP contribution >= 0.6 is 0 Å². The molecular weight excluding hydrogens is 692 g/mol. The number of nitrogens with zero attached hydrogens (tertiary/aromatic N) is 2. The smallest absolute Gasteiger partial charge is 0.345 e. The number of amides is 2. The number of aliphatic carboxylic acids is 1. The van der Waals surface area contributed by atoms with E-state index in [-0.39, 0.29) is 64.1 Å². The normalized spacial score (nSPS) is 16.3. The van der Waals surface area contributed by atoms with Gasteiger partial charge in [0.05, 0.1) is 11.6 Å². The van der Waals surface area contributed by atoms with Crippen LogP contribution in [0.5, 0.6) is 11.5 Å². The second kappa shape index (κ2) is 14.8. The quantitative estimate of drug-likeness (QED) is 0.0982. The number of ether oxygens (including phenoxy) is 1. The Kier molecular flexibility index (Phi) is 9.95. The molecule has 1 spiro atoms. The first-order valence-corrected chi connectivity index (χ1v) is 17.6. The number of aromatic nitrogens is 1. The van der Waals surface area contributed by atoms with Crippen molar-refractivity contribution in [1.82, 2.24) is 20.1 Å². The lowest BCUT2D eigenvalue weighted by molar-refractivity contribution is -0.157. The Hall–Kier alpha value is -6.02. The van der Waals surface area contributed by atoms with Crippen molar-refractivity contribution in [3.63, 3.8) is 0 Å². The number of aromatic hydroxyl groups is 1. The summed E-state index contributed by atoms with van der Waals surface area (Å²) < 4.78 is 5.71. The van der Waals surface area contributed by atoms with Crippen LogP contribution in [0.25, 0.3) is 10.9 Å². The Bertz CT molecular complexity index is 2250. The van der Waals surface area contributed by atoms with Crippen molar-refractivity contribution in [1.29, 1.82) is 0 Å². The molecule has 3 heterocycles. The molecular formula is C41H40N4O9. The zero-order valence-corrected chi connectivity index (χ0v) is 29.3. The molecule has 0 aliphatic carbocycles. The third kappa shape index (κ3) is 7.16. The first-order chi connectivity index (χ1) is 26.0. The summed E-state index contributed by atoms with van der Waals surface area (Å²) in [6, 6.07) is 27.6. The number of hydrogen-bond acceptors (Lipinski definition) is 9. The number of hydrogen-bond donors (Lipinski definition) is 6. The summed E-state index contributed by atoms with van der Waals surface area (Å²) in [5.41, 5.74) is 0.0257. The van der Waals surface area contributed by atoms with Crippen molar-refractivity contribution >= 4 is 28.7 Å². The Labute approximate surface area is 310 Å². The first kappa shape index (κ1) is 36.3. The molecule has 4 aromatic carbocycles. The Morgan fingerprint density at radius 1 is 0.870 bits per heavy atom. The molecule has 54 heavy (non-hydrogen) atoms. The molecule has 1 aromatic heterocycles. The van der Waals surface area contributed by atoms with Crippen LogP contribution in [-0.2, 0) is 21.6 Å². The summed E-state index contributed by atoms with van der Waals surface area (Å²) in [5, 5.41) is 45.7. The van der Waals surface area contributed by atoms with Gasteiger partial charge in [-0.05, 0) is 66.1 Å². The molecule has 0 bridgehead atoms. The molecule has 5 aromatic rings. The number of phenols is 1. The monoisotopic (exact) mass is 732 g/mol. The predicted molar refractivity (Wildman–Crippen MR) is 198 cm³/mol. The van der Waals surface area contributed by atoms with Crippen molar-refractivity contribution < 1.29 is 39.5 Å². The molecule has 13 heteroatoms. The number of nitrogens with one attached hydrogen (secondary N) is 2. The van der Waals surface area contributed by atoms with E-state index in [4.69, 9.17) is 4.74 Å². The first-order valence-electron chi connectivity index (χ1n) is 17.6. The fraction of sp³-hybridized carbons (Fsp3) is 0.268. The number of H-pyrrole nitrogens is 1. The van der Waals surface area contributed by atoms with Crippen molar-refractivity contribution in [3.8, 4) is 11.5 Å². The van der Waals surface area contributed by atoms with Gasteiger partial charge in [-0.2, -0.15) is 0 Å². The van der Waals surface area contributed by atoms with E-state index < -0.39 is 17.7 Å². The summed E-state index contributed by atoms with van der Waals surface area (Å²) in [6.45, 7) is 2.72. The maximum absolute atomic E-state index is 13.2. The lowest BCUT2D eigenvalue weighted by Gasteiger charge is -2.60. The summed E-state index contributed by atoms with van der Waals surface area (Å²) in [7, 11) is 0. The van der Waals surface area contributed by atoms with Crippen molar-refractivity contribution in [2.75, 3.05) is 45.9 Å². The van der Waals surface area contributed by atoms with Gasteiger partial charge in [-0.15, -0.1) is 0 Å². The highest BCUT2D eigenvalue weighted by Crippen LogP contribution is 2.40. The van der Waals surface area contributed by atoms with Gasteiger partial charge in [0.2, 0.25) is 11.2 Å². The van der Waals surface area contributed by atoms with Crippen LogP contribution in [-0.4, -0.2) is 98.9 Å². The summed E-state index contributed by atoms with van der Waals surface area (Å²) >= 11 is 0. The molecule has 7 rings (SSSR count). The second-order valence-electron chi connectivity index (χ2n) is 14.1. The number of pyridine rings is 1. The zero-order chi connectivity index (χ0) is 38.0. The molecule has 2 aliphatic rings. The molecule has 0 unspecified atom stereocenters. The van der Waals surface area contributed by atoms with Gasteiger partial charge in [0.25, 0.3) is 11.8 Å². The fourth-order valence-corrected chi connectivity index (χ4v) is 7.31. The number of aliphatic hydroxyl groups excluding tert-OH is 1. The Morgan fingerprint density at radius 3 is 2.30 bits per heavy atom.